The van der Waals surface area contributed by atoms with Crippen LogP contribution in [-0.4, -0.2) is 19.3 Å². The van der Waals surface area contributed by atoms with Crippen molar-refractivity contribution in [1.29, 1.82) is 0 Å². The van der Waals surface area contributed by atoms with Gasteiger partial charge in [-0.15, -0.1) is 0 Å². The second-order valence-electron chi connectivity index (χ2n) is 6.31. The summed E-state index contributed by atoms with van der Waals surface area (Å²) in [4.78, 5) is 16.0. The van der Waals surface area contributed by atoms with Gasteiger partial charge >= 0.3 is 0 Å². The standard InChI is InChI=1S/C18H17N3O4S/c1-11-19-16-9-8-15(10-17(16)25-11)26(23,24)21-14-6-4-13(5-7-14)20-18(22)12-2-3-12/h4-10,12,21H,2-3H2,1H3,(H,20,22). The maximum absolute atomic E-state index is 12.6. The number of hydrogen-bond acceptors (Lipinski definition) is 5. The number of aryl methyl sites for hydroxylation is 1. The third-order valence-electron chi connectivity index (χ3n) is 4.13. The van der Waals surface area contributed by atoms with Crippen LogP contribution in [0.25, 0.3) is 11.1 Å². The molecule has 3 aromatic rings. The van der Waals surface area contributed by atoms with Gasteiger partial charge in [0.05, 0.1) is 4.90 Å². The maximum Gasteiger partial charge on any atom is 0.262 e. The predicted molar refractivity (Wildman–Crippen MR) is 97.4 cm³/mol. The summed E-state index contributed by atoms with van der Waals surface area (Å²) in [7, 11) is -3.76. The first kappa shape index (κ1) is 16.6. The molecular formula is C18H17N3O4S. The fraction of sp³-hybridized carbons (Fsp3) is 0.222. The Balaban J connectivity index is 1.51. The summed E-state index contributed by atoms with van der Waals surface area (Å²) >= 11 is 0. The summed E-state index contributed by atoms with van der Waals surface area (Å²) in [6.45, 7) is 1.70. The van der Waals surface area contributed by atoms with Crippen molar-refractivity contribution in [1.82, 2.24) is 4.98 Å². The molecule has 0 radical (unpaired) electrons. The average Bonchev–Trinajstić information content (AvgIpc) is 3.37. The van der Waals surface area contributed by atoms with Crippen LogP contribution in [0.5, 0.6) is 0 Å². The number of rotatable bonds is 5. The number of sulfonamides is 1. The van der Waals surface area contributed by atoms with Crippen LogP contribution in [-0.2, 0) is 14.8 Å². The second-order valence-corrected chi connectivity index (χ2v) is 7.99. The third-order valence-corrected chi connectivity index (χ3v) is 5.51. The number of carbonyl (C=O) groups excluding carboxylic acids is 1. The highest BCUT2D eigenvalue weighted by atomic mass is 32.2. The summed E-state index contributed by atoms with van der Waals surface area (Å²) in [5.41, 5.74) is 2.08. The van der Waals surface area contributed by atoms with Gasteiger partial charge in [0.1, 0.15) is 5.52 Å². The van der Waals surface area contributed by atoms with Gasteiger partial charge in [-0.2, -0.15) is 0 Å². The number of aromatic nitrogens is 1. The molecule has 1 aliphatic rings. The SMILES string of the molecule is Cc1nc2ccc(S(=O)(=O)Nc3ccc(NC(=O)C4CC4)cc3)cc2o1. The molecule has 8 heteroatoms. The Morgan fingerprint density at radius 2 is 1.81 bits per heavy atom. The van der Waals surface area contributed by atoms with Crippen LogP contribution in [0.2, 0.25) is 0 Å². The molecule has 7 nitrogen and oxygen atoms in total. The molecule has 0 atom stereocenters. The van der Waals surface area contributed by atoms with Gasteiger partial charge < -0.3 is 9.73 Å². The zero-order chi connectivity index (χ0) is 18.3. The first-order chi connectivity index (χ1) is 12.4. The third kappa shape index (κ3) is 3.41. The molecule has 1 saturated carbocycles. The molecule has 0 bridgehead atoms. The van der Waals surface area contributed by atoms with Gasteiger partial charge in [0.25, 0.3) is 10.0 Å². The van der Waals surface area contributed by atoms with Crippen LogP contribution in [0, 0.1) is 12.8 Å². The van der Waals surface area contributed by atoms with Gasteiger partial charge in [0.15, 0.2) is 11.5 Å². The molecule has 1 amide bonds. The summed E-state index contributed by atoms with van der Waals surface area (Å²) in [5.74, 6) is 0.600. The van der Waals surface area contributed by atoms with Crippen LogP contribution < -0.4 is 10.0 Å². The van der Waals surface area contributed by atoms with Crippen molar-refractivity contribution in [3.63, 3.8) is 0 Å². The summed E-state index contributed by atoms with van der Waals surface area (Å²) in [6, 6.07) is 11.1. The number of benzene rings is 2. The average molecular weight is 371 g/mol. The Labute approximate surface area is 150 Å². The zero-order valence-corrected chi connectivity index (χ0v) is 14.8. The Morgan fingerprint density at radius 3 is 2.50 bits per heavy atom. The number of fused-ring (bicyclic) bond motifs is 1. The van der Waals surface area contributed by atoms with Crippen molar-refractivity contribution in [3.8, 4) is 0 Å². The number of nitrogens with one attached hydrogen (secondary N) is 2. The second kappa shape index (κ2) is 6.14. The highest BCUT2D eigenvalue weighted by Gasteiger charge is 2.29. The highest BCUT2D eigenvalue weighted by molar-refractivity contribution is 7.92. The van der Waals surface area contributed by atoms with E-state index in [-0.39, 0.29) is 16.7 Å². The molecular weight excluding hydrogens is 354 g/mol. The van der Waals surface area contributed by atoms with Gasteiger partial charge in [0, 0.05) is 30.3 Å². The molecule has 1 aromatic heterocycles. The molecule has 134 valence electrons. The number of amides is 1. The number of hydrogen-bond donors (Lipinski definition) is 2. The minimum atomic E-state index is -3.76. The lowest BCUT2D eigenvalue weighted by Gasteiger charge is -2.09. The van der Waals surface area contributed by atoms with E-state index in [1.54, 1.807) is 37.3 Å². The first-order valence-corrected chi connectivity index (χ1v) is 9.70. The highest BCUT2D eigenvalue weighted by Crippen LogP contribution is 2.30. The lowest BCUT2D eigenvalue weighted by molar-refractivity contribution is -0.117. The summed E-state index contributed by atoms with van der Waals surface area (Å²) in [6.07, 6.45) is 1.86. The minimum Gasteiger partial charge on any atom is -0.441 e. The van der Waals surface area contributed by atoms with E-state index >= 15 is 0 Å². The molecule has 0 unspecified atom stereocenters. The number of carbonyl (C=O) groups is 1. The topological polar surface area (TPSA) is 101 Å². The summed E-state index contributed by atoms with van der Waals surface area (Å²) < 4.78 is 33.0. The van der Waals surface area contributed by atoms with Crippen molar-refractivity contribution < 1.29 is 17.6 Å². The molecule has 1 aliphatic carbocycles. The van der Waals surface area contributed by atoms with Crippen molar-refractivity contribution in [2.45, 2.75) is 24.7 Å². The minimum absolute atomic E-state index is 0.00832. The molecule has 4 rings (SSSR count). The number of nitrogens with zero attached hydrogens (tertiary/aromatic N) is 1. The molecule has 1 heterocycles. The number of anilines is 2. The molecule has 0 spiro atoms. The van der Waals surface area contributed by atoms with Crippen LogP contribution in [0.1, 0.15) is 18.7 Å². The smallest absolute Gasteiger partial charge is 0.262 e. The van der Waals surface area contributed by atoms with Crippen molar-refractivity contribution in [2.24, 2.45) is 5.92 Å². The van der Waals surface area contributed by atoms with Gasteiger partial charge in [-0.3, -0.25) is 9.52 Å². The predicted octanol–water partition coefficient (Wildman–Crippen LogP) is 3.29. The van der Waals surface area contributed by atoms with E-state index < -0.39 is 10.0 Å². The normalized spacial score (nSPS) is 14.3. The maximum atomic E-state index is 12.6. The van der Waals surface area contributed by atoms with E-state index in [2.05, 4.69) is 15.0 Å². The lowest BCUT2D eigenvalue weighted by atomic mass is 10.2. The Kier molecular flexibility index (Phi) is 3.91. The molecule has 2 N–H and O–H groups in total. The Bertz CT molecular complexity index is 1080. The van der Waals surface area contributed by atoms with E-state index in [1.807, 2.05) is 0 Å². The van der Waals surface area contributed by atoms with Crippen molar-refractivity contribution in [2.75, 3.05) is 10.0 Å². The largest absolute Gasteiger partial charge is 0.441 e. The van der Waals surface area contributed by atoms with E-state index in [0.717, 1.165) is 12.8 Å². The Morgan fingerprint density at radius 1 is 1.12 bits per heavy atom. The van der Waals surface area contributed by atoms with Crippen LogP contribution in [0.15, 0.2) is 51.8 Å². The zero-order valence-electron chi connectivity index (χ0n) is 14.0. The first-order valence-electron chi connectivity index (χ1n) is 8.22. The van der Waals surface area contributed by atoms with Crippen LogP contribution in [0.3, 0.4) is 0 Å². The van der Waals surface area contributed by atoms with Crippen molar-refractivity contribution in [3.05, 3.63) is 48.4 Å². The van der Waals surface area contributed by atoms with Gasteiger partial charge in [-0.25, -0.2) is 13.4 Å². The monoisotopic (exact) mass is 371 g/mol. The fourth-order valence-electron chi connectivity index (χ4n) is 2.61. The Hall–Kier alpha value is -2.87. The van der Waals surface area contributed by atoms with Gasteiger partial charge in [-0.05, 0) is 49.2 Å². The van der Waals surface area contributed by atoms with E-state index in [4.69, 9.17) is 4.42 Å². The quantitative estimate of drug-likeness (QED) is 0.717. The van der Waals surface area contributed by atoms with E-state index in [0.29, 0.717) is 28.4 Å². The molecule has 26 heavy (non-hydrogen) atoms. The van der Waals surface area contributed by atoms with Gasteiger partial charge in [0.2, 0.25) is 5.91 Å². The van der Waals surface area contributed by atoms with Gasteiger partial charge in [-0.1, -0.05) is 0 Å². The van der Waals surface area contributed by atoms with Crippen molar-refractivity contribution >= 4 is 38.4 Å². The van der Waals surface area contributed by atoms with Crippen LogP contribution in [0.4, 0.5) is 11.4 Å². The molecule has 1 fully saturated rings. The van der Waals surface area contributed by atoms with E-state index in [9.17, 15) is 13.2 Å². The number of oxazole rings is 1. The van der Waals surface area contributed by atoms with Crippen LogP contribution >= 0.6 is 0 Å². The molecule has 0 saturated heterocycles. The molecule has 0 aliphatic heterocycles. The summed E-state index contributed by atoms with van der Waals surface area (Å²) in [5, 5.41) is 2.81. The lowest BCUT2D eigenvalue weighted by Crippen LogP contribution is -2.14. The fourth-order valence-corrected chi connectivity index (χ4v) is 3.69. The molecule has 2 aromatic carbocycles. The van der Waals surface area contributed by atoms with E-state index in [1.165, 1.54) is 12.1 Å².